The molecule has 43 heavy (non-hydrogen) atoms. The topological polar surface area (TPSA) is 99.3 Å². The summed E-state index contributed by atoms with van der Waals surface area (Å²) in [6, 6.07) is 16.4. The van der Waals surface area contributed by atoms with E-state index in [9.17, 15) is 0 Å². The van der Waals surface area contributed by atoms with Crippen LogP contribution < -0.4 is 18.9 Å². The summed E-state index contributed by atoms with van der Waals surface area (Å²) in [5, 5.41) is 26.5. The first-order valence-corrected chi connectivity index (χ1v) is 14.3. The largest absolute Gasteiger partial charge is 0.403 e. The highest BCUT2D eigenvalue weighted by Crippen LogP contribution is 2.23. The maximum Gasteiger partial charge on any atom is 0.403 e. The van der Waals surface area contributed by atoms with Crippen molar-refractivity contribution in [3.8, 4) is 0 Å². The third-order valence-corrected chi connectivity index (χ3v) is 6.99. The van der Waals surface area contributed by atoms with E-state index < -0.39 is 0 Å². The molecule has 0 fully saturated rings. The van der Waals surface area contributed by atoms with Crippen LogP contribution in [0.25, 0.3) is 0 Å². The smallest absolute Gasteiger partial charge is 0.375 e. The molecule has 0 N–H and O–H groups in total. The lowest BCUT2D eigenvalue weighted by atomic mass is 10.2. The molecule has 0 aliphatic heterocycles. The molecule has 0 saturated carbocycles. The first-order valence-electron chi connectivity index (χ1n) is 14.3. The van der Waals surface area contributed by atoms with E-state index in [1.165, 1.54) is 0 Å². The molecule has 0 aliphatic rings. The summed E-state index contributed by atoms with van der Waals surface area (Å²) in [6.07, 6.45) is 4.61. The lowest BCUT2D eigenvalue weighted by molar-refractivity contribution is -0.681. The van der Waals surface area contributed by atoms with Crippen molar-refractivity contribution in [2.24, 2.45) is 20.5 Å². The quantitative estimate of drug-likeness (QED) is 0.119. The van der Waals surface area contributed by atoms with Crippen LogP contribution in [0.2, 0.25) is 0 Å². The molecule has 0 bridgehead atoms. The Bertz CT molecular complexity index is 1280. The van der Waals surface area contributed by atoms with Gasteiger partial charge in [-0.15, -0.1) is 9.36 Å². The molecule has 12 nitrogen and oxygen atoms in total. The summed E-state index contributed by atoms with van der Waals surface area (Å²) in [7, 11) is 4.24. The zero-order valence-corrected chi connectivity index (χ0v) is 25.1. The fraction of sp³-hybridized carbons (Fsp3) is 0.484. The van der Waals surface area contributed by atoms with Crippen molar-refractivity contribution in [3.05, 3.63) is 61.2 Å². The molecule has 2 aromatic heterocycles. The fourth-order valence-corrected chi connectivity index (χ4v) is 4.42. The van der Waals surface area contributed by atoms with Crippen LogP contribution in [0.15, 0.2) is 81.6 Å². The van der Waals surface area contributed by atoms with Crippen LogP contribution in [0.4, 0.5) is 34.6 Å². The number of anilines is 2. The molecule has 2 heterocycles. The van der Waals surface area contributed by atoms with Gasteiger partial charge in [0.2, 0.25) is 12.7 Å². The molecule has 0 amide bonds. The molecule has 0 unspecified atom stereocenters. The Morgan fingerprint density at radius 1 is 0.605 bits per heavy atom. The third-order valence-electron chi connectivity index (χ3n) is 6.99. The fourth-order valence-electron chi connectivity index (χ4n) is 4.42. The summed E-state index contributed by atoms with van der Waals surface area (Å²) in [5.41, 5.74) is 3.93. The molecule has 12 heteroatoms. The van der Waals surface area contributed by atoms with Crippen LogP contribution in [0.5, 0.6) is 0 Å². The molecule has 0 radical (unpaired) electrons. The minimum atomic E-state index is 0. The standard InChI is InChI=1S/C29H42N12.2CH4/c1-7-38-22-30-40(9-3)28(38)34-32-24-12-16-26(17-13-24)36(5)20-11-21-37(6)27-18-14-25(15-19-27)33-35-29-39(8-2)23-31-41(29)10-4;;/h12-19,22-23H,7-11,20-21H2,1-6H3;2*1H4/q+2;;. The van der Waals surface area contributed by atoms with Crippen molar-refractivity contribution in [1.82, 2.24) is 19.6 Å². The van der Waals surface area contributed by atoms with E-state index in [4.69, 9.17) is 0 Å². The van der Waals surface area contributed by atoms with E-state index in [1.807, 2.05) is 56.6 Å². The highest BCUT2D eigenvalue weighted by molar-refractivity contribution is 5.53. The van der Waals surface area contributed by atoms with Gasteiger partial charge in [-0.1, -0.05) is 25.1 Å². The highest BCUT2D eigenvalue weighted by atomic mass is 15.4. The van der Waals surface area contributed by atoms with Crippen molar-refractivity contribution < 1.29 is 9.13 Å². The van der Waals surface area contributed by atoms with Crippen molar-refractivity contribution in [3.63, 3.8) is 0 Å². The number of rotatable bonds is 14. The van der Waals surface area contributed by atoms with Crippen LogP contribution in [0.3, 0.4) is 0 Å². The van der Waals surface area contributed by atoms with Crippen molar-refractivity contribution in [1.29, 1.82) is 0 Å². The van der Waals surface area contributed by atoms with Crippen molar-refractivity contribution in [2.75, 3.05) is 37.0 Å². The Labute approximate surface area is 257 Å². The van der Waals surface area contributed by atoms with Gasteiger partial charge in [0, 0.05) is 48.8 Å². The number of hydrogen-bond donors (Lipinski definition) is 0. The maximum atomic E-state index is 4.45. The van der Waals surface area contributed by atoms with Gasteiger partial charge >= 0.3 is 11.9 Å². The summed E-state index contributed by atoms with van der Waals surface area (Å²) in [6.45, 7) is 13.2. The lowest BCUT2D eigenvalue weighted by Gasteiger charge is -2.23. The molecular weight excluding hydrogens is 540 g/mol. The summed E-state index contributed by atoms with van der Waals surface area (Å²) < 4.78 is 7.66. The van der Waals surface area contributed by atoms with Gasteiger partial charge in [-0.25, -0.2) is 9.13 Å². The molecule has 2 aromatic carbocycles. The summed E-state index contributed by atoms with van der Waals surface area (Å²) in [5.74, 6) is 1.51. The van der Waals surface area contributed by atoms with Gasteiger partial charge in [0.25, 0.3) is 0 Å². The zero-order chi connectivity index (χ0) is 29.2. The van der Waals surface area contributed by atoms with Crippen molar-refractivity contribution in [2.45, 2.75) is 75.1 Å². The van der Waals surface area contributed by atoms with E-state index in [-0.39, 0.29) is 14.9 Å². The van der Waals surface area contributed by atoms with Gasteiger partial charge < -0.3 is 9.80 Å². The summed E-state index contributed by atoms with van der Waals surface area (Å²) in [4.78, 5) is 4.53. The second kappa shape index (κ2) is 16.8. The Balaban J connectivity index is 0.00000323. The maximum absolute atomic E-state index is 4.45. The molecule has 232 valence electrons. The number of azo groups is 2. The second-order valence-electron chi connectivity index (χ2n) is 9.69. The normalized spacial score (nSPS) is 11.1. The van der Waals surface area contributed by atoms with E-state index >= 15 is 0 Å². The number of nitrogens with zero attached hydrogens (tertiary/aromatic N) is 12. The highest BCUT2D eigenvalue weighted by Gasteiger charge is 2.16. The van der Waals surface area contributed by atoms with Gasteiger partial charge in [-0.2, -0.15) is 0 Å². The van der Waals surface area contributed by atoms with E-state index in [1.54, 1.807) is 12.7 Å². The molecule has 0 spiro atoms. The van der Waals surface area contributed by atoms with Crippen molar-refractivity contribution >= 4 is 34.6 Å². The number of aromatic nitrogens is 6. The van der Waals surface area contributed by atoms with Gasteiger partial charge in [-0.3, -0.25) is 0 Å². The average Bonchev–Trinajstić information content (AvgIpc) is 3.61. The lowest BCUT2D eigenvalue weighted by Crippen LogP contribution is -2.30. The Morgan fingerprint density at radius 2 is 0.977 bits per heavy atom. The number of aryl methyl sites for hydroxylation is 4. The van der Waals surface area contributed by atoms with E-state index in [0.29, 0.717) is 0 Å². The molecular formula is C31H50N12+2. The minimum absolute atomic E-state index is 0. The first-order chi connectivity index (χ1) is 20.0. The monoisotopic (exact) mass is 590 g/mol. The minimum Gasteiger partial charge on any atom is -0.375 e. The molecule has 4 aromatic rings. The van der Waals surface area contributed by atoms with Gasteiger partial charge in [0.1, 0.15) is 0 Å². The number of benzene rings is 2. The van der Waals surface area contributed by atoms with Gasteiger partial charge in [0.05, 0.1) is 37.6 Å². The first kappa shape index (κ1) is 34.7. The van der Waals surface area contributed by atoms with Crippen LogP contribution in [0.1, 0.15) is 49.0 Å². The van der Waals surface area contributed by atoms with Crippen LogP contribution in [-0.4, -0.2) is 46.7 Å². The molecule has 0 atom stereocenters. The average molecular weight is 591 g/mol. The predicted molar refractivity (Wildman–Crippen MR) is 173 cm³/mol. The predicted octanol–water partition coefficient (Wildman–Crippen LogP) is 6.80. The van der Waals surface area contributed by atoms with E-state index in [2.05, 4.69) is 92.7 Å². The molecule has 0 aliphatic carbocycles. The van der Waals surface area contributed by atoms with Crippen LogP contribution >= 0.6 is 0 Å². The van der Waals surface area contributed by atoms with Crippen LogP contribution in [-0.2, 0) is 26.2 Å². The summed E-state index contributed by atoms with van der Waals surface area (Å²) >= 11 is 0. The molecule has 4 rings (SSSR count). The SMILES string of the molecule is C.C.CCn1nc[n+](CC)c1N=Nc1ccc(N(C)CCCN(C)c2ccc(N=Nc3n(CC)nc[n+]3CC)cc2)cc1. The van der Waals surface area contributed by atoms with E-state index in [0.717, 1.165) is 80.3 Å². The van der Waals surface area contributed by atoms with Gasteiger partial charge in [0.15, 0.2) is 0 Å². The zero-order valence-electron chi connectivity index (χ0n) is 25.1. The Kier molecular flexibility index (Phi) is 13.6. The molecule has 0 saturated heterocycles. The van der Waals surface area contributed by atoms with Gasteiger partial charge in [-0.05, 0) is 92.8 Å². The Hall–Kier alpha value is -4.48. The Morgan fingerprint density at radius 3 is 1.30 bits per heavy atom. The third kappa shape index (κ3) is 8.76. The number of hydrogen-bond acceptors (Lipinski definition) is 8. The second-order valence-corrected chi connectivity index (χ2v) is 9.69. The van der Waals surface area contributed by atoms with Crippen LogP contribution in [0, 0.1) is 0 Å².